The molecular weight excluding hydrogens is 264 g/mol. The van der Waals surface area contributed by atoms with Crippen molar-refractivity contribution in [3.8, 4) is 5.75 Å². The Morgan fingerprint density at radius 2 is 2.35 bits per heavy atom. The number of ether oxygens (including phenoxy) is 1. The van der Waals surface area contributed by atoms with Gasteiger partial charge in [0, 0.05) is 30.8 Å². The Labute approximate surface area is 114 Å². The summed E-state index contributed by atoms with van der Waals surface area (Å²) in [5.41, 5.74) is 0.693. The van der Waals surface area contributed by atoms with Crippen LogP contribution < -0.4 is 10.1 Å². The second-order valence-corrected chi connectivity index (χ2v) is 3.90. The Kier molecular flexibility index (Phi) is 4.48. The number of hydrogen-bond acceptors (Lipinski definition) is 7. The monoisotopic (exact) mass is 278 g/mol. The molecule has 0 bridgehead atoms. The Bertz CT molecular complexity index is 571. The highest BCUT2D eigenvalue weighted by molar-refractivity contribution is 5.58. The number of rotatable bonds is 7. The van der Waals surface area contributed by atoms with Gasteiger partial charge in [-0.25, -0.2) is 0 Å². The molecule has 0 saturated heterocycles. The fourth-order valence-corrected chi connectivity index (χ4v) is 1.67. The highest BCUT2D eigenvalue weighted by Crippen LogP contribution is 2.29. The molecule has 0 amide bonds. The molecule has 0 aliphatic carbocycles. The van der Waals surface area contributed by atoms with Crippen molar-refractivity contribution in [1.29, 1.82) is 0 Å². The summed E-state index contributed by atoms with van der Waals surface area (Å²) in [4.78, 5) is 14.3. The van der Waals surface area contributed by atoms with Gasteiger partial charge >= 0.3 is 5.69 Å². The van der Waals surface area contributed by atoms with Gasteiger partial charge in [0.2, 0.25) is 6.39 Å². The second-order valence-electron chi connectivity index (χ2n) is 3.90. The molecule has 8 nitrogen and oxygen atoms in total. The molecule has 2 rings (SSSR count). The molecule has 0 saturated carbocycles. The zero-order valence-corrected chi connectivity index (χ0v) is 10.9. The number of nitro groups is 1. The van der Waals surface area contributed by atoms with Crippen molar-refractivity contribution >= 4 is 11.4 Å². The van der Waals surface area contributed by atoms with Gasteiger partial charge in [0.05, 0.1) is 11.5 Å². The van der Waals surface area contributed by atoms with Crippen LogP contribution in [0.3, 0.4) is 0 Å². The Balaban J connectivity index is 2.01. The van der Waals surface area contributed by atoms with Crippen LogP contribution in [0.2, 0.25) is 0 Å². The van der Waals surface area contributed by atoms with Gasteiger partial charge < -0.3 is 14.6 Å². The number of nitro benzene ring substituents is 1. The van der Waals surface area contributed by atoms with Crippen LogP contribution in [-0.2, 0) is 6.42 Å². The van der Waals surface area contributed by atoms with Gasteiger partial charge in [-0.15, -0.1) is 0 Å². The van der Waals surface area contributed by atoms with E-state index in [1.807, 2.05) is 0 Å². The van der Waals surface area contributed by atoms with Gasteiger partial charge in [-0.3, -0.25) is 10.1 Å². The summed E-state index contributed by atoms with van der Waals surface area (Å²) in [5.74, 6) is 0.853. The maximum absolute atomic E-state index is 10.9. The molecule has 20 heavy (non-hydrogen) atoms. The fourth-order valence-electron chi connectivity index (χ4n) is 1.67. The first kappa shape index (κ1) is 13.8. The molecular formula is C12H14N4O4. The molecule has 0 aliphatic heterocycles. The fraction of sp³-hybridized carbons (Fsp3) is 0.333. The van der Waals surface area contributed by atoms with E-state index in [0.29, 0.717) is 25.4 Å². The molecule has 0 radical (unpaired) electrons. The maximum atomic E-state index is 10.9. The van der Waals surface area contributed by atoms with Crippen LogP contribution in [-0.4, -0.2) is 28.2 Å². The van der Waals surface area contributed by atoms with Crippen LogP contribution in [0.5, 0.6) is 5.75 Å². The third kappa shape index (κ3) is 3.44. The summed E-state index contributed by atoms with van der Waals surface area (Å²) in [6, 6.07) is 4.66. The van der Waals surface area contributed by atoms with Gasteiger partial charge in [0.15, 0.2) is 11.6 Å². The van der Waals surface area contributed by atoms with Gasteiger partial charge in [-0.2, -0.15) is 4.98 Å². The van der Waals surface area contributed by atoms with Crippen molar-refractivity contribution in [1.82, 2.24) is 10.1 Å². The zero-order valence-electron chi connectivity index (χ0n) is 10.9. The zero-order chi connectivity index (χ0) is 14.4. The van der Waals surface area contributed by atoms with Crippen molar-refractivity contribution in [2.75, 3.05) is 18.5 Å². The number of anilines is 1. The van der Waals surface area contributed by atoms with Gasteiger partial charge in [0.1, 0.15) is 0 Å². The van der Waals surface area contributed by atoms with Gasteiger partial charge in [-0.1, -0.05) is 5.16 Å². The maximum Gasteiger partial charge on any atom is 0.311 e. The predicted octanol–water partition coefficient (Wildman–Crippen LogP) is 2.03. The molecule has 0 atom stereocenters. The summed E-state index contributed by atoms with van der Waals surface area (Å²) in [7, 11) is 0. The lowest BCUT2D eigenvalue weighted by Crippen LogP contribution is -2.06. The molecule has 8 heteroatoms. The van der Waals surface area contributed by atoms with E-state index in [1.165, 1.54) is 12.5 Å². The highest BCUT2D eigenvalue weighted by atomic mass is 16.6. The van der Waals surface area contributed by atoms with Crippen LogP contribution in [0, 0.1) is 10.1 Å². The molecule has 1 N–H and O–H groups in total. The first-order valence-corrected chi connectivity index (χ1v) is 6.11. The number of nitrogens with zero attached hydrogens (tertiary/aromatic N) is 3. The van der Waals surface area contributed by atoms with E-state index in [1.54, 1.807) is 19.1 Å². The summed E-state index contributed by atoms with van der Waals surface area (Å²) in [5, 5.41) is 17.7. The molecule has 0 unspecified atom stereocenters. The third-order valence-corrected chi connectivity index (χ3v) is 2.54. The average Bonchev–Trinajstić information content (AvgIpc) is 2.92. The second kappa shape index (κ2) is 6.50. The summed E-state index contributed by atoms with van der Waals surface area (Å²) >= 11 is 0. The molecule has 106 valence electrons. The SMILES string of the molecule is CCOc1cc(NCCc2ncon2)ccc1[N+](=O)[O-]. The minimum atomic E-state index is -0.464. The molecule has 0 spiro atoms. The Morgan fingerprint density at radius 1 is 1.50 bits per heavy atom. The van der Waals surface area contributed by atoms with Crippen molar-refractivity contribution in [3.05, 3.63) is 40.5 Å². The van der Waals surface area contributed by atoms with Crippen LogP contribution in [0.1, 0.15) is 12.7 Å². The smallest absolute Gasteiger partial charge is 0.311 e. The van der Waals surface area contributed by atoms with Gasteiger partial charge in [0.25, 0.3) is 0 Å². The van der Waals surface area contributed by atoms with E-state index in [4.69, 9.17) is 4.74 Å². The lowest BCUT2D eigenvalue weighted by Gasteiger charge is -2.08. The quantitative estimate of drug-likeness (QED) is 0.610. The van der Waals surface area contributed by atoms with E-state index in [0.717, 1.165) is 5.69 Å². The van der Waals surface area contributed by atoms with E-state index in [2.05, 4.69) is 20.0 Å². The first-order valence-electron chi connectivity index (χ1n) is 6.11. The minimum absolute atomic E-state index is 0.0458. The summed E-state index contributed by atoms with van der Waals surface area (Å²) in [6.07, 6.45) is 1.87. The van der Waals surface area contributed by atoms with E-state index in [9.17, 15) is 10.1 Å². The predicted molar refractivity (Wildman–Crippen MR) is 70.8 cm³/mol. The Morgan fingerprint density at radius 3 is 3.00 bits per heavy atom. The Hall–Kier alpha value is -2.64. The van der Waals surface area contributed by atoms with Crippen molar-refractivity contribution in [2.45, 2.75) is 13.3 Å². The highest BCUT2D eigenvalue weighted by Gasteiger charge is 2.15. The average molecular weight is 278 g/mol. The number of aromatic nitrogens is 2. The third-order valence-electron chi connectivity index (χ3n) is 2.54. The molecule has 2 aromatic rings. The lowest BCUT2D eigenvalue weighted by atomic mass is 10.2. The number of nitrogens with one attached hydrogen (secondary N) is 1. The summed E-state index contributed by atoms with van der Waals surface area (Å²) < 4.78 is 9.90. The van der Waals surface area contributed by atoms with Crippen molar-refractivity contribution in [2.24, 2.45) is 0 Å². The minimum Gasteiger partial charge on any atom is -0.487 e. The molecule has 1 aromatic heterocycles. The standard InChI is InChI=1S/C12H14N4O4/c1-2-19-11-7-9(3-4-10(11)16(17)18)13-6-5-12-14-8-20-15-12/h3-4,7-8,13H,2,5-6H2,1H3. The van der Waals surface area contributed by atoms with Crippen LogP contribution >= 0.6 is 0 Å². The van der Waals surface area contributed by atoms with Crippen LogP contribution in [0.15, 0.2) is 29.1 Å². The van der Waals surface area contributed by atoms with Crippen molar-refractivity contribution in [3.63, 3.8) is 0 Å². The normalized spacial score (nSPS) is 10.2. The van der Waals surface area contributed by atoms with E-state index in [-0.39, 0.29) is 11.4 Å². The summed E-state index contributed by atoms with van der Waals surface area (Å²) in [6.45, 7) is 2.73. The number of benzene rings is 1. The first-order chi connectivity index (χ1) is 9.70. The van der Waals surface area contributed by atoms with Crippen molar-refractivity contribution < 1.29 is 14.2 Å². The molecule has 0 fully saturated rings. The van der Waals surface area contributed by atoms with E-state index < -0.39 is 4.92 Å². The number of hydrogen-bond donors (Lipinski definition) is 1. The van der Waals surface area contributed by atoms with E-state index >= 15 is 0 Å². The van der Waals surface area contributed by atoms with Crippen LogP contribution in [0.4, 0.5) is 11.4 Å². The van der Waals surface area contributed by atoms with Gasteiger partial charge in [-0.05, 0) is 13.0 Å². The molecule has 0 aliphatic rings. The van der Waals surface area contributed by atoms with Crippen LogP contribution in [0.25, 0.3) is 0 Å². The largest absolute Gasteiger partial charge is 0.487 e. The molecule has 1 heterocycles. The molecule has 1 aromatic carbocycles. The lowest BCUT2D eigenvalue weighted by molar-refractivity contribution is -0.385. The topological polar surface area (TPSA) is 103 Å².